The lowest BCUT2D eigenvalue weighted by Crippen LogP contribution is -2.42. The van der Waals surface area contributed by atoms with E-state index < -0.39 is 0 Å². The maximum Gasteiger partial charge on any atom is 0.319 e. The molecule has 0 saturated carbocycles. The van der Waals surface area contributed by atoms with Crippen LogP contribution in [0, 0.1) is 0 Å². The molecule has 0 bridgehead atoms. The van der Waals surface area contributed by atoms with Gasteiger partial charge >= 0.3 is 6.03 Å². The Morgan fingerprint density at radius 2 is 2.06 bits per heavy atom. The van der Waals surface area contributed by atoms with E-state index in [0.717, 1.165) is 24.9 Å². The molecule has 4 nitrogen and oxygen atoms in total. The lowest BCUT2D eigenvalue weighted by atomic mass is 10.1. The van der Waals surface area contributed by atoms with E-state index in [0.29, 0.717) is 6.54 Å². The zero-order valence-corrected chi connectivity index (χ0v) is 10.3. The van der Waals surface area contributed by atoms with Crippen molar-refractivity contribution in [3.05, 3.63) is 30.3 Å². The van der Waals surface area contributed by atoms with Gasteiger partial charge in [0.1, 0.15) is 0 Å². The van der Waals surface area contributed by atoms with E-state index in [1.54, 1.807) is 0 Å². The Balaban J connectivity index is 2.37. The van der Waals surface area contributed by atoms with Crippen molar-refractivity contribution in [3.63, 3.8) is 0 Å². The Kier molecular flexibility index (Phi) is 6.10. The molecule has 17 heavy (non-hydrogen) atoms. The first-order valence-corrected chi connectivity index (χ1v) is 6.09. The normalized spacial score (nSPS) is 11.9. The third-order valence-corrected chi connectivity index (χ3v) is 2.56. The highest BCUT2D eigenvalue weighted by Gasteiger charge is 2.09. The second-order valence-corrected chi connectivity index (χ2v) is 4.04. The third-order valence-electron chi connectivity index (χ3n) is 2.56. The number of nitrogens with one attached hydrogen (secondary N) is 2. The molecule has 0 heterocycles. The van der Waals surface area contributed by atoms with Gasteiger partial charge in [0.25, 0.3) is 0 Å². The van der Waals surface area contributed by atoms with E-state index >= 15 is 0 Å². The maximum absolute atomic E-state index is 11.7. The van der Waals surface area contributed by atoms with Crippen LogP contribution in [0.1, 0.15) is 26.2 Å². The summed E-state index contributed by atoms with van der Waals surface area (Å²) in [6.45, 7) is 2.60. The van der Waals surface area contributed by atoms with Gasteiger partial charge in [-0.1, -0.05) is 38.0 Å². The van der Waals surface area contributed by atoms with Gasteiger partial charge in [-0.05, 0) is 18.6 Å². The standard InChI is InChI=1S/C13H21N3O/c1-2-3-7-12(10-14)16-13(17)15-11-8-5-4-6-9-11/h4-6,8-9,12H,2-3,7,10,14H2,1H3,(H2,15,16,17). The second-order valence-electron chi connectivity index (χ2n) is 4.04. The largest absolute Gasteiger partial charge is 0.334 e. The van der Waals surface area contributed by atoms with E-state index in [4.69, 9.17) is 5.73 Å². The Hall–Kier alpha value is -1.55. The van der Waals surface area contributed by atoms with Gasteiger partial charge in [0.2, 0.25) is 0 Å². The summed E-state index contributed by atoms with van der Waals surface area (Å²) >= 11 is 0. The van der Waals surface area contributed by atoms with Crippen LogP contribution in [0.3, 0.4) is 0 Å². The molecule has 0 fully saturated rings. The first-order chi connectivity index (χ1) is 8.26. The van der Waals surface area contributed by atoms with Crippen molar-refractivity contribution in [2.75, 3.05) is 11.9 Å². The van der Waals surface area contributed by atoms with Crippen molar-refractivity contribution in [1.82, 2.24) is 5.32 Å². The topological polar surface area (TPSA) is 67.1 Å². The molecule has 4 heteroatoms. The monoisotopic (exact) mass is 235 g/mol. The fraction of sp³-hybridized carbons (Fsp3) is 0.462. The minimum Gasteiger partial charge on any atom is -0.334 e. The van der Waals surface area contributed by atoms with Gasteiger partial charge in [-0.3, -0.25) is 0 Å². The lowest BCUT2D eigenvalue weighted by Gasteiger charge is -2.16. The number of carbonyl (C=O) groups is 1. The van der Waals surface area contributed by atoms with Gasteiger partial charge in [-0.15, -0.1) is 0 Å². The van der Waals surface area contributed by atoms with Crippen LogP contribution in [-0.4, -0.2) is 18.6 Å². The predicted octanol–water partition coefficient (Wildman–Crippen LogP) is 2.33. The zero-order valence-electron chi connectivity index (χ0n) is 10.3. The Labute approximate surface area is 103 Å². The van der Waals surface area contributed by atoms with Crippen LogP contribution >= 0.6 is 0 Å². The first kappa shape index (κ1) is 13.5. The molecule has 0 spiro atoms. The van der Waals surface area contributed by atoms with Gasteiger partial charge in [-0.2, -0.15) is 0 Å². The van der Waals surface area contributed by atoms with Crippen LogP contribution in [0.5, 0.6) is 0 Å². The van der Waals surface area contributed by atoms with Crippen molar-refractivity contribution in [2.24, 2.45) is 5.73 Å². The van der Waals surface area contributed by atoms with Crippen LogP contribution in [0.15, 0.2) is 30.3 Å². The SMILES string of the molecule is CCCCC(CN)NC(=O)Nc1ccccc1. The van der Waals surface area contributed by atoms with Crippen LogP contribution in [0.4, 0.5) is 10.5 Å². The Morgan fingerprint density at radius 1 is 1.35 bits per heavy atom. The molecular formula is C13H21N3O. The first-order valence-electron chi connectivity index (χ1n) is 6.09. The maximum atomic E-state index is 11.7. The summed E-state index contributed by atoms with van der Waals surface area (Å²) in [7, 11) is 0. The van der Waals surface area contributed by atoms with E-state index in [2.05, 4.69) is 17.6 Å². The third kappa shape index (κ3) is 5.36. The number of amides is 2. The van der Waals surface area contributed by atoms with Crippen molar-refractivity contribution in [1.29, 1.82) is 0 Å². The summed E-state index contributed by atoms with van der Waals surface area (Å²) in [5.74, 6) is 0. The fourth-order valence-corrected chi connectivity index (χ4v) is 1.57. The van der Waals surface area contributed by atoms with E-state index in [1.165, 1.54) is 0 Å². The smallest absolute Gasteiger partial charge is 0.319 e. The van der Waals surface area contributed by atoms with Gasteiger partial charge < -0.3 is 16.4 Å². The van der Waals surface area contributed by atoms with Crippen LogP contribution < -0.4 is 16.4 Å². The average Bonchev–Trinajstić information content (AvgIpc) is 2.35. The number of hydrogen-bond donors (Lipinski definition) is 3. The number of anilines is 1. The molecule has 1 aromatic carbocycles. The summed E-state index contributed by atoms with van der Waals surface area (Å²) in [4.78, 5) is 11.7. The Bertz CT molecular complexity index is 327. The highest BCUT2D eigenvalue weighted by Crippen LogP contribution is 2.05. The summed E-state index contributed by atoms with van der Waals surface area (Å²) in [6.07, 6.45) is 3.11. The number of nitrogens with two attached hydrogens (primary N) is 1. The summed E-state index contributed by atoms with van der Waals surface area (Å²) in [5.41, 5.74) is 6.40. The van der Waals surface area contributed by atoms with Crippen LogP contribution in [-0.2, 0) is 0 Å². The molecule has 1 atom stereocenters. The number of para-hydroxylation sites is 1. The van der Waals surface area contributed by atoms with Gasteiger partial charge in [0.15, 0.2) is 0 Å². The minimum absolute atomic E-state index is 0.0543. The fourth-order valence-electron chi connectivity index (χ4n) is 1.57. The zero-order chi connectivity index (χ0) is 12.5. The van der Waals surface area contributed by atoms with E-state index in [-0.39, 0.29) is 12.1 Å². The summed E-state index contributed by atoms with van der Waals surface area (Å²) in [5, 5.41) is 5.65. The molecule has 0 saturated heterocycles. The van der Waals surface area contributed by atoms with Crippen LogP contribution in [0.25, 0.3) is 0 Å². The molecule has 0 radical (unpaired) electrons. The second kappa shape index (κ2) is 7.68. The summed E-state index contributed by atoms with van der Waals surface area (Å²) < 4.78 is 0. The minimum atomic E-state index is -0.192. The predicted molar refractivity (Wildman–Crippen MR) is 71.0 cm³/mol. The summed E-state index contributed by atoms with van der Waals surface area (Å²) in [6, 6.07) is 9.24. The highest BCUT2D eigenvalue weighted by molar-refractivity contribution is 5.89. The molecule has 1 aromatic rings. The molecule has 0 aromatic heterocycles. The number of carbonyl (C=O) groups excluding carboxylic acids is 1. The van der Waals surface area contributed by atoms with E-state index in [1.807, 2.05) is 30.3 Å². The quantitative estimate of drug-likeness (QED) is 0.708. The number of rotatable bonds is 6. The van der Waals surface area contributed by atoms with E-state index in [9.17, 15) is 4.79 Å². The van der Waals surface area contributed by atoms with Crippen molar-refractivity contribution in [3.8, 4) is 0 Å². The molecule has 1 rings (SSSR count). The van der Waals surface area contributed by atoms with Crippen molar-refractivity contribution in [2.45, 2.75) is 32.2 Å². The van der Waals surface area contributed by atoms with Crippen LogP contribution in [0.2, 0.25) is 0 Å². The lowest BCUT2D eigenvalue weighted by molar-refractivity contribution is 0.247. The van der Waals surface area contributed by atoms with Gasteiger partial charge in [-0.25, -0.2) is 4.79 Å². The number of hydrogen-bond acceptors (Lipinski definition) is 2. The molecular weight excluding hydrogens is 214 g/mol. The number of unbranched alkanes of at least 4 members (excludes halogenated alkanes) is 1. The molecule has 94 valence electrons. The average molecular weight is 235 g/mol. The van der Waals surface area contributed by atoms with Crippen molar-refractivity contribution < 1.29 is 4.79 Å². The molecule has 0 aliphatic rings. The van der Waals surface area contributed by atoms with Gasteiger partial charge in [0.05, 0.1) is 0 Å². The molecule has 0 aliphatic carbocycles. The number of benzene rings is 1. The molecule has 4 N–H and O–H groups in total. The molecule has 2 amide bonds. The Morgan fingerprint density at radius 3 is 2.65 bits per heavy atom. The molecule has 1 unspecified atom stereocenters. The van der Waals surface area contributed by atoms with Gasteiger partial charge in [0, 0.05) is 18.3 Å². The molecule has 0 aliphatic heterocycles. The number of urea groups is 1. The highest BCUT2D eigenvalue weighted by atomic mass is 16.2. The van der Waals surface area contributed by atoms with Crippen molar-refractivity contribution >= 4 is 11.7 Å².